The van der Waals surface area contributed by atoms with Gasteiger partial charge in [0.05, 0.1) is 6.04 Å². The van der Waals surface area contributed by atoms with E-state index in [0.717, 1.165) is 37.1 Å². The Morgan fingerprint density at radius 2 is 2.04 bits per heavy atom. The van der Waals surface area contributed by atoms with Gasteiger partial charge < -0.3 is 10.2 Å². The molecule has 144 valence electrons. The Bertz CT molecular complexity index is 926. The monoisotopic (exact) mass is 379 g/mol. The van der Waals surface area contributed by atoms with Crippen LogP contribution in [0, 0.1) is 11.8 Å². The van der Waals surface area contributed by atoms with Gasteiger partial charge in [-0.25, -0.2) is 4.98 Å². The van der Waals surface area contributed by atoms with E-state index in [4.69, 9.17) is 0 Å². The molecule has 9 heteroatoms. The Morgan fingerprint density at radius 3 is 2.79 bits per heavy atom. The molecule has 9 nitrogen and oxygen atoms in total. The Morgan fingerprint density at radius 1 is 1.21 bits per heavy atom. The molecule has 2 aromatic heterocycles. The number of anilines is 1. The van der Waals surface area contributed by atoms with Crippen molar-refractivity contribution in [3.05, 3.63) is 35.8 Å². The molecule has 2 atom stereocenters. The van der Waals surface area contributed by atoms with E-state index in [0.29, 0.717) is 36.5 Å². The van der Waals surface area contributed by atoms with Crippen LogP contribution in [-0.4, -0.2) is 55.0 Å². The second-order valence-corrected chi connectivity index (χ2v) is 7.80. The fourth-order valence-electron chi connectivity index (χ4n) is 4.62. The summed E-state index contributed by atoms with van der Waals surface area (Å²) in [6, 6.07) is 2.28. The lowest BCUT2D eigenvalue weighted by atomic mass is 10.0. The maximum atomic E-state index is 12.6. The lowest BCUT2D eigenvalue weighted by Crippen LogP contribution is -2.28. The summed E-state index contributed by atoms with van der Waals surface area (Å²) in [4.78, 5) is 32.0. The molecule has 0 spiro atoms. The standard InChI is InChI=1S/C19H21N7O2/c27-17-3-2-13-5-12(8-20-19(13)23-17)1-4-18(28)25-9-14-6-16(7-15(14)10-25)26-22-11-21-24-26/h1,4-5,8,11,14-16H,2-3,6-7,9-10H2,(H,20,23,27)/b4-1+. The summed E-state index contributed by atoms with van der Waals surface area (Å²) >= 11 is 0. The molecule has 2 fully saturated rings. The molecule has 1 saturated carbocycles. The van der Waals surface area contributed by atoms with Crippen molar-refractivity contribution in [1.82, 2.24) is 30.1 Å². The predicted octanol–water partition coefficient (Wildman–Crippen LogP) is 1.08. The van der Waals surface area contributed by atoms with Gasteiger partial charge in [-0.2, -0.15) is 4.80 Å². The number of likely N-dealkylation sites (tertiary alicyclic amines) is 1. The van der Waals surface area contributed by atoms with Crippen molar-refractivity contribution < 1.29 is 9.59 Å². The number of amides is 2. The highest BCUT2D eigenvalue weighted by Crippen LogP contribution is 2.43. The highest BCUT2D eigenvalue weighted by Gasteiger charge is 2.43. The number of aromatic nitrogens is 5. The van der Waals surface area contributed by atoms with Crippen LogP contribution < -0.4 is 5.32 Å². The van der Waals surface area contributed by atoms with Gasteiger partial charge in [0.2, 0.25) is 11.8 Å². The number of fused-ring (bicyclic) bond motifs is 2. The molecule has 1 aliphatic carbocycles. The molecular formula is C19H21N7O2. The van der Waals surface area contributed by atoms with Crippen LogP contribution in [0.5, 0.6) is 0 Å². The van der Waals surface area contributed by atoms with Gasteiger partial charge in [0, 0.05) is 31.8 Å². The van der Waals surface area contributed by atoms with E-state index in [1.807, 2.05) is 17.0 Å². The summed E-state index contributed by atoms with van der Waals surface area (Å²) in [5.41, 5.74) is 1.89. The molecule has 2 aliphatic heterocycles. The Labute approximate surface area is 161 Å². The lowest BCUT2D eigenvalue weighted by molar-refractivity contribution is -0.125. The normalized spacial score (nSPS) is 26.4. The van der Waals surface area contributed by atoms with Crippen molar-refractivity contribution >= 4 is 23.7 Å². The van der Waals surface area contributed by atoms with E-state index in [1.54, 1.807) is 17.1 Å². The van der Waals surface area contributed by atoms with Gasteiger partial charge in [0.1, 0.15) is 5.82 Å². The summed E-state index contributed by atoms with van der Waals surface area (Å²) < 4.78 is 0. The minimum atomic E-state index is -0.000100. The summed E-state index contributed by atoms with van der Waals surface area (Å²) in [5.74, 6) is 1.67. The first-order chi connectivity index (χ1) is 13.7. The topological polar surface area (TPSA) is 106 Å². The summed E-state index contributed by atoms with van der Waals surface area (Å²) in [7, 11) is 0. The minimum Gasteiger partial charge on any atom is -0.339 e. The van der Waals surface area contributed by atoms with E-state index in [-0.39, 0.29) is 11.8 Å². The van der Waals surface area contributed by atoms with Gasteiger partial charge >= 0.3 is 0 Å². The van der Waals surface area contributed by atoms with E-state index >= 15 is 0 Å². The summed E-state index contributed by atoms with van der Waals surface area (Å²) in [6.45, 7) is 1.57. The van der Waals surface area contributed by atoms with Crippen molar-refractivity contribution in [3.63, 3.8) is 0 Å². The van der Waals surface area contributed by atoms with Crippen molar-refractivity contribution in [3.8, 4) is 0 Å². The fourth-order valence-corrected chi connectivity index (χ4v) is 4.62. The number of nitrogens with zero attached hydrogens (tertiary/aromatic N) is 6. The average Bonchev–Trinajstić information content (AvgIpc) is 3.41. The Kier molecular flexibility index (Phi) is 4.14. The number of rotatable bonds is 3. The zero-order valence-corrected chi connectivity index (χ0v) is 15.4. The molecule has 0 aromatic carbocycles. The van der Waals surface area contributed by atoms with E-state index in [2.05, 4.69) is 25.7 Å². The van der Waals surface area contributed by atoms with Gasteiger partial charge in [-0.05, 0) is 59.6 Å². The molecular weight excluding hydrogens is 358 g/mol. The molecule has 0 radical (unpaired) electrons. The Balaban J connectivity index is 1.20. The van der Waals surface area contributed by atoms with Crippen molar-refractivity contribution in [2.24, 2.45) is 11.8 Å². The molecule has 2 unspecified atom stereocenters. The molecule has 2 aromatic rings. The predicted molar refractivity (Wildman–Crippen MR) is 99.9 cm³/mol. The molecule has 5 rings (SSSR count). The summed E-state index contributed by atoms with van der Waals surface area (Å²) in [5, 5.41) is 14.7. The van der Waals surface area contributed by atoms with Crippen LogP contribution in [0.4, 0.5) is 5.82 Å². The van der Waals surface area contributed by atoms with Crippen LogP contribution in [0.25, 0.3) is 6.08 Å². The largest absolute Gasteiger partial charge is 0.339 e. The Hall–Kier alpha value is -3.10. The quantitative estimate of drug-likeness (QED) is 0.800. The molecule has 0 bridgehead atoms. The average molecular weight is 379 g/mol. The van der Waals surface area contributed by atoms with E-state index in [1.165, 1.54) is 6.33 Å². The van der Waals surface area contributed by atoms with Crippen LogP contribution in [0.15, 0.2) is 24.7 Å². The number of carbonyl (C=O) groups is 2. The van der Waals surface area contributed by atoms with Crippen LogP contribution in [0.2, 0.25) is 0 Å². The van der Waals surface area contributed by atoms with Crippen molar-refractivity contribution in [2.75, 3.05) is 18.4 Å². The molecule has 4 heterocycles. The van der Waals surface area contributed by atoms with Gasteiger partial charge in [-0.15, -0.1) is 10.2 Å². The van der Waals surface area contributed by atoms with Gasteiger partial charge in [-0.3, -0.25) is 9.59 Å². The third-order valence-corrected chi connectivity index (χ3v) is 6.01. The number of pyridine rings is 1. The first kappa shape index (κ1) is 17.0. The van der Waals surface area contributed by atoms with Crippen LogP contribution in [-0.2, 0) is 16.0 Å². The number of aryl methyl sites for hydroxylation is 1. The minimum absolute atomic E-state index is 0.000100. The van der Waals surface area contributed by atoms with E-state index < -0.39 is 0 Å². The van der Waals surface area contributed by atoms with E-state index in [9.17, 15) is 9.59 Å². The SMILES string of the molecule is O=C1CCc2cc(/C=C/C(=O)N3CC4CC(n5ncnn5)CC4C3)cnc2N1. The van der Waals surface area contributed by atoms with Crippen LogP contribution in [0.1, 0.15) is 36.4 Å². The number of carbonyl (C=O) groups excluding carboxylic acids is 2. The number of nitrogens with one attached hydrogen (secondary N) is 1. The smallest absolute Gasteiger partial charge is 0.246 e. The highest BCUT2D eigenvalue weighted by atomic mass is 16.2. The zero-order valence-electron chi connectivity index (χ0n) is 15.4. The second kappa shape index (κ2) is 6.81. The second-order valence-electron chi connectivity index (χ2n) is 7.80. The molecule has 28 heavy (non-hydrogen) atoms. The maximum absolute atomic E-state index is 12.6. The van der Waals surface area contributed by atoms with Crippen molar-refractivity contribution in [1.29, 1.82) is 0 Å². The molecule has 1 saturated heterocycles. The van der Waals surface area contributed by atoms with Gasteiger partial charge in [0.15, 0.2) is 6.33 Å². The highest BCUT2D eigenvalue weighted by molar-refractivity contribution is 5.94. The molecule has 3 aliphatic rings. The zero-order chi connectivity index (χ0) is 19.1. The first-order valence-corrected chi connectivity index (χ1v) is 9.64. The lowest BCUT2D eigenvalue weighted by Gasteiger charge is -2.17. The number of hydrogen-bond donors (Lipinski definition) is 1. The van der Waals surface area contributed by atoms with Crippen LogP contribution in [0.3, 0.4) is 0 Å². The molecule has 2 amide bonds. The van der Waals surface area contributed by atoms with Crippen molar-refractivity contribution in [2.45, 2.75) is 31.7 Å². The maximum Gasteiger partial charge on any atom is 0.246 e. The fraction of sp³-hybridized carbons (Fsp3) is 0.474. The molecule has 1 N–H and O–H groups in total. The van der Waals surface area contributed by atoms with Gasteiger partial charge in [0.25, 0.3) is 0 Å². The van der Waals surface area contributed by atoms with Gasteiger partial charge in [-0.1, -0.05) is 0 Å². The number of tetrazole rings is 1. The first-order valence-electron chi connectivity index (χ1n) is 9.64. The third kappa shape index (κ3) is 3.17. The summed E-state index contributed by atoms with van der Waals surface area (Å²) in [6.07, 6.45) is 9.74. The third-order valence-electron chi connectivity index (χ3n) is 6.01. The number of hydrogen-bond acceptors (Lipinski definition) is 6. The van der Waals surface area contributed by atoms with Crippen LogP contribution >= 0.6 is 0 Å².